The van der Waals surface area contributed by atoms with Crippen LogP contribution in [-0.2, 0) is 11.3 Å². The molecule has 4 N–H and O–H groups in total. The van der Waals surface area contributed by atoms with E-state index in [-0.39, 0.29) is 5.92 Å². The summed E-state index contributed by atoms with van der Waals surface area (Å²) in [5.41, 5.74) is 2.66. The number of carbonyl (C=O) groups is 2. The van der Waals surface area contributed by atoms with Crippen molar-refractivity contribution in [3.63, 3.8) is 0 Å². The van der Waals surface area contributed by atoms with E-state index in [1.54, 1.807) is 30.7 Å². The van der Waals surface area contributed by atoms with Gasteiger partial charge in [0.05, 0.1) is 24.1 Å². The molecule has 2 rings (SSSR count). The predicted octanol–water partition coefficient (Wildman–Crippen LogP) is 3.01. The van der Waals surface area contributed by atoms with Gasteiger partial charge in [0.1, 0.15) is 6.04 Å². The number of imidazole rings is 1. The molecule has 0 bridgehead atoms. The third-order valence-corrected chi connectivity index (χ3v) is 4.01. The molecular formula is C21H26N4O3. The van der Waals surface area contributed by atoms with Crippen LogP contribution >= 0.6 is 0 Å². The van der Waals surface area contributed by atoms with Crippen LogP contribution in [0.2, 0.25) is 0 Å². The lowest BCUT2D eigenvalue weighted by Crippen LogP contribution is -2.41. The Morgan fingerprint density at radius 1 is 1.32 bits per heavy atom. The number of amides is 1. The van der Waals surface area contributed by atoms with Crippen LogP contribution in [0.15, 0.2) is 30.7 Å². The Kier molecular flexibility index (Phi) is 7.64. The zero-order valence-corrected chi connectivity index (χ0v) is 16.4. The van der Waals surface area contributed by atoms with Crippen molar-refractivity contribution in [3.05, 3.63) is 47.5 Å². The fourth-order valence-electron chi connectivity index (χ4n) is 2.65. The fourth-order valence-corrected chi connectivity index (χ4v) is 2.65. The first-order chi connectivity index (χ1) is 13.4. The van der Waals surface area contributed by atoms with Crippen molar-refractivity contribution in [1.29, 1.82) is 0 Å². The molecule has 0 saturated carbocycles. The predicted molar refractivity (Wildman–Crippen MR) is 108 cm³/mol. The first kappa shape index (κ1) is 21.0. The molecule has 0 saturated heterocycles. The lowest BCUT2D eigenvalue weighted by molar-refractivity contribution is -0.139. The molecule has 1 aromatic carbocycles. The molecule has 7 nitrogen and oxygen atoms in total. The van der Waals surface area contributed by atoms with E-state index in [9.17, 15) is 14.7 Å². The summed E-state index contributed by atoms with van der Waals surface area (Å²) in [6, 6.07) is 4.31. The van der Waals surface area contributed by atoms with Gasteiger partial charge in [-0.15, -0.1) is 0 Å². The maximum Gasteiger partial charge on any atom is 0.326 e. The normalized spacial score (nSPS) is 11.4. The highest BCUT2D eigenvalue weighted by Gasteiger charge is 2.23. The minimum absolute atomic E-state index is 0.148. The van der Waals surface area contributed by atoms with Gasteiger partial charge in [0.15, 0.2) is 0 Å². The Balaban J connectivity index is 2.21. The highest BCUT2D eigenvalue weighted by Crippen LogP contribution is 2.17. The van der Waals surface area contributed by atoms with Crippen molar-refractivity contribution in [1.82, 2.24) is 15.3 Å². The molecule has 0 aliphatic carbocycles. The van der Waals surface area contributed by atoms with Gasteiger partial charge < -0.3 is 20.7 Å². The van der Waals surface area contributed by atoms with Crippen molar-refractivity contribution in [2.75, 3.05) is 5.32 Å². The number of rotatable bonds is 8. The minimum atomic E-state index is -1.04. The average molecular weight is 382 g/mol. The van der Waals surface area contributed by atoms with Crippen LogP contribution in [0.1, 0.15) is 55.2 Å². The van der Waals surface area contributed by atoms with E-state index in [4.69, 9.17) is 0 Å². The second-order valence-corrected chi connectivity index (χ2v) is 6.84. The molecule has 1 atom stereocenters. The number of nitrogens with zero attached hydrogens (tertiary/aromatic N) is 1. The van der Waals surface area contributed by atoms with E-state index in [0.717, 1.165) is 11.4 Å². The summed E-state index contributed by atoms with van der Waals surface area (Å²) in [6.45, 7) is 6.32. The van der Waals surface area contributed by atoms with Gasteiger partial charge in [-0.1, -0.05) is 32.6 Å². The Labute approximate surface area is 165 Å². The van der Waals surface area contributed by atoms with Gasteiger partial charge in [-0.05, 0) is 30.5 Å². The Bertz CT molecular complexity index is 864. The van der Waals surface area contributed by atoms with Crippen LogP contribution in [0, 0.1) is 17.8 Å². The lowest BCUT2D eigenvalue weighted by atomic mass is 10.0. The SMILES string of the molecule is CCC#Cc1cc(NCc2cnc[nH]2)ccc1C(=O)NC(CC(C)C)C(=O)O. The van der Waals surface area contributed by atoms with Gasteiger partial charge in [-0.25, -0.2) is 9.78 Å². The smallest absolute Gasteiger partial charge is 0.326 e. The van der Waals surface area contributed by atoms with Gasteiger partial charge in [-0.2, -0.15) is 0 Å². The number of aromatic nitrogens is 2. The van der Waals surface area contributed by atoms with Crippen LogP contribution in [-0.4, -0.2) is 33.0 Å². The Hall–Kier alpha value is -3.27. The van der Waals surface area contributed by atoms with E-state index in [1.165, 1.54) is 0 Å². The molecule has 0 radical (unpaired) electrons. The van der Waals surface area contributed by atoms with E-state index in [1.807, 2.05) is 20.8 Å². The lowest BCUT2D eigenvalue weighted by Gasteiger charge is -2.17. The standard InChI is InChI=1S/C21H26N4O3/c1-4-5-6-15-10-16(23-12-17-11-22-13-24-17)7-8-18(15)20(26)25-19(21(27)28)9-14(2)3/h7-8,10-11,13-14,19,23H,4,9,12H2,1-3H3,(H,22,24)(H,25,26)(H,27,28). The maximum absolute atomic E-state index is 12.7. The highest BCUT2D eigenvalue weighted by atomic mass is 16.4. The number of hydrogen-bond acceptors (Lipinski definition) is 4. The third-order valence-electron chi connectivity index (χ3n) is 4.01. The molecule has 1 unspecified atom stereocenters. The molecule has 1 amide bonds. The zero-order valence-electron chi connectivity index (χ0n) is 16.4. The van der Waals surface area contributed by atoms with Crippen LogP contribution in [0.25, 0.3) is 0 Å². The molecule has 28 heavy (non-hydrogen) atoms. The van der Waals surface area contributed by atoms with Crippen LogP contribution in [0.4, 0.5) is 5.69 Å². The summed E-state index contributed by atoms with van der Waals surface area (Å²) in [4.78, 5) is 31.1. The number of anilines is 1. The summed E-state index contributed by atoms with van der Waals surface area (Å²) in [7, 11) is 0. The number of aliphatic carboxylic acids is 1. The topological polar surface area (TPSA) is 107 Å². The molecule has 0 aliphatic rings. The quantitative estimate of drug-likeness (QED) is 0.525. The van der Waals surface area contributed by atoms with Gasteiger partial charge in [0, 0.05) is 23.9 Å². The number of carbonyl (C=O) groups excluding carboxylic acids is 1. The van der Waals surface area contributed by atoms with Crippen LogP contribution < -0.4 is 10.6 Å². The summed E-state index contributed by atoms with van der Waals surface area (Å²) in [6.07, 6.45) is 4.35. The van der Waals surface area contributed by atoms with Crippen LogP contribution in [0.5, 0.6) is 0 Å². The number of aromatic amines is 1. The fraction of sp³-hybridized carbons (Fsp3) is 0.381. The Morgan fingerprint density at radius 2 is 2.11 bits per heavy atom. The molecule has 0 fully saturated rings. The molecular weight excluding hydrogens is 356 g/mol. The average Bonchev–Trinajstić information content (AvgIpc) is 3.17. The number of nitrogens with one attached hydrogen (secondary N) is 3. The van der Waals surface area contributed by atoms with Gasteiger partial charge in [0.2, 0.25) is 0 Å². The number of hydrogen-bond donors (Lipinski definition) is 4. The first-order valence-corrected chi connectivity index (χ1v) is 9.28. The second kappa shape index (κ2) is 10.2. The van der Waals surface area contributed by atoms with Gasteiger partial charge in [-0.3, -0.25) is 4.79 Å². The van der Waals surface area contributed by atoms with E-state index < -0.39 is 17.9 Å². The van der Waals surface area contributed by atoms with Gasteiger partial charge in [0.25, 0.3) is 5.91 Å². The molecule has 0 aliphatic heterocycles. The maximum atomic E-state index is 12.7. The summed E-state index contributed by atoms with van der Waals surface area (Å²) in [5.74, 6) is 4.65. The molecule has 148 valence electrons. The molecule has 1 aromatic heterocycles. The van der Waals surface area contributed by atoms with Crippen molar-refractivity contribution in [3.8, 4) is 11.8 Å². The summed E-state index contributed by atoms with van der Waals surface area (Å²) < 4.78 is 0. The first-order valence-electron chi connectivity index (χ1n) is 9.28. The highest BCUT2D eigenvalue weighted by molar-refractivity contribution is 5.99. The number of carboxylic acids is 1. The van der Waals surface area contributed by atoms with E-state index in [0.29, 0.717) is 30.5 Å². The van der Waals surface area contributed by atoms with Gasteiger partial charge >= 0.3 is 5.97 Å². The number of carboxylic acid groups (broad SMARTS) is 1. The van der Waals surface area contributed by atoms with Crippen molar-refractivity contribution < 1.29 is 14.7 Å². The van der Waals surface area contributed by atoms with Crippen LogP contribution in [0.3, 0.4) is 0 Å². The van der Waals surface area contributed by atoms with E-state index in [2.05, 4.69) is 32.4 Å². The zero-order chi connectivity index (χ0) is 20.5. The summed E-state index contributed by atoms with van der Waals surface area (Å²) >= 11 is 0. The summed E-state index contributed by atoms with van der Waals surface area (Å²) in [5, 5.41) is 15.2. The monoisotopic (exact) mass is 382 g/mol. The molecule has 2 aromatic rings. The molecule has 1 heterocycles. The third kappa shape index (κ3) is 6.16. The second-order valence-electron chi connectivity index (χ2n) is 6.84. The minimum Gasteiger partial charge on any atom is -0.480 e. The van der Waals surface area contributed by atoms with Crippen molar-refractivity contribution in [2.45, 2.75) is 46.2 Å². The molecule has 7 heteroatoms. The number of benzene rings is 1. The van der Waals surface area contributed by atoms with Crippen molar-refractivity contribution >= 4 is 17.6 Å². The molecule has 0 spiro atoms. The van der Waals surface area contributed by atoms with E-state index >= 15 is 0 Å². The Morgan fingerprint density at radius 3 is 2.71 bits per heavy atom. The largest absolute Gasteiger partial charge is 0.480 e. The number of H-pyrrole nitrogens is 1. The van der Waals surface area contributed by atoms with Crippen molar-refractivity contribution in [2.24, 2.45) is 5.92 Å².